The summed E-state index contributed by atoms with van der Waals surface area (Å²) in [5.74, 6) is -0.283. The molecule has 0 radical (unpaired) electrons. The summed E-state index contributed by atoms with van der Waals surface area (Å²) in [4.78, 5) is 11.2. The van der Waals surface area contributed by atoms with Crippen molar-refractivity contribution in [3.63, 3.8) is 0 Å². The van der Waals surface area contributed by atoms with Crippen molar-refractivity contribution in [3.05, 3.63) is 28.2 Å². The second kappa shape index (κ2) is 7.53. The molecule has 0 aliphatic rings. The number of ether oxygens (including phenoxy) is 1. The maximum atomic E-state index is 11.2. The van der Waals surface area contributed by atoms with E-state index in [1.807, 2.05) is 0 Å². The average molecular weight is 325 g/mol. The molecule has 1 atom stereocenters. The summed E-state index contributed by atoms with van der Waals surface area (Å²) in [6.07, 6.45) is 0.0534. The summed E-state index contributed by atoms with van der Waals surface area (Å²) < 4.78 is 5.60. The number of phenols is 1. The Bertz CT molecular complexity index is 387. The number of phenolic OH excluding ortho intramolecular Hbond substituents is 1. The third kappa shape index (κ3) is 4.93. The molecule has 0 amide bonds. The molecule has 6 heteroatoms. The third-order valence-electron chi connectivity index (χ3n) is 2.08. The molecule has 1 aromatic rings. The highest BCUT2D eigenvalue weighted by Gasteiger charge is 2.15. The van der Waals surface area contributed by atoms with E-state index in [0.717, 1.165) is 4.47 Å². The average Bonchev–Trinajstić information content (AvgIpc) is 2.21. The fraction of sp³-hybridized carbons (Fsp3) is 0.364. The van der Waals surface area contributed by atoms with Crippen LogP contribution in [0.4, 0.5) is 0 Å². The van der Waals surface area contributed by atoms with Crippen LogP contribution >= 0.6 is 28.3 Å². The Kier molecular flexibility index (Phi) is 7.18. The first kappa shape index (κ1) is 16.2. The summed E-state index contributed by atoms with van der Waals surface area (Å²) >= 11 is 3.28. The highest BCUT2D eigenvalue weighted by atomic mass is 79.9. The predicted molar refractivity (Wildman–Crippen MR) is 71.2 cm³/mol. The van der Waals surface area contributed by atoms with E-state index < -0.39 is 6.04 Å². The maximum absolute atomic E-state index is 11.2. The highest BCUT2D eigenvalue weighted by molar-refractivity contribution is 9.10. The fourth-order valence-electron chi connectivity index (χ4n) is 1.33. The van der Waals surface area contributed by atoms with Crippen molar-refractivity contribution in [2.75, 3.05) is 6.61 Å². The van der Waals surface area contributed by atoms with E-state index in [-0.39, 0.29) is 30.5 Å². The van der Waals surface area contributed by atoms with Gasteiger partial charge in [-0.25, -0.2) is 0 Å². The van der Waals surface area contributed by atoms with E-state index in [2.05, 4.69) is 15.9 Å². The van der Waals surface area contributed by atoms with Gasteiger partial charge in [-0.05, 0) is 25.1 Å². The number of aromatic hydroxyl groups is 1. The molecule has 0 heterocycles. The van der Waals surface area contributed by atoms with E-state index in [0.29, 0.717) is 12.2 Å². The van der Waals surface area contributed by atoms with Crippen molar-refractivity contribution < 1.29 is 14.6 Å². The molecule has 0 saturated carbocycles. The van der Waals surface area contributed by atoms with Gasteiger partial charge in [-0.2, -0.15) is 0 Å². The van der Waals surface area contributed by atoms with Gasteiger partial charge in [0.25, 0.3) is 0 Å². The van der Waals surface area contributed by atoms with E-state index in [4.69, 9.17) is 10.5 Å². The number of hydrogen-bond donors (Lipinski definition) is 2. The van der Waals surface area contributed by atoms with Gasteiger partial charge in [-0.3, -0.25) is 4.79 Å². The van der Waals surface area contributed by atoms with Gasteiger partial charge in [0.15, 0.2) is 0 Å². The molecule has 3 N–H and O–H groups in total. The molecule has 0 unspecified atom stereocenters. The van der Waals surface area contributed by atoms with Crippen LogP contribution in [0.15, 0.2) is 22.7 Å². The Balaban J connectivity index is 0.00000256. The van der Waals surface area contributed by atoms with Crippen molar-refractivity contribution in [1.29, 1.82) is 0 Å². The molecule has 0 aliphatic heterocycles. The number of nitrogens with two attached hydrogens (primary N) is 1. The van der Waals surface area contributed by atoms with Gasteiger partial charge in [0.1, 0.15) is 5.75 Å². The van der Waals surface area contributed by atoms with Crippen LogP contribution in [0.2, 0.25) is 0 Å². The number of halogens is 2. The number of carbonyl (C=O) groups excluding carboxylic acids is 1. The zero-order chi connectivity index (χ0) is 12.1. The minimum Gasteiger partial charge on any atom is -0.508 e. The molecule has 1 rings (SSSR count). The lowest BCUT2D eigenvalue weighted by Gasteiger charge is -2.13. The molecule has 17 heavy (non-hydrogen) atoms. The summed E-state index contributed by atoms with van der Waals surface area (Å²) in [6.45, 7) is 2.07. The first-order chi connectivity index (χ1) is 7.54. The Morgan fingerprint density at radius 3 is 2.82 bits per heavy atom. The van der Waals surface area contributed by atoms with Crippen LogP contribution in [-0.2, 0) is 9.53 Å². The van der Waals surface area contributed by atoms with Crippen molar-refractivity contribution in [2.45, 2.75) is 19.4 Å². The van der Waals surface area contributed by atoms with Crippen LogP contribution in [0.1, 0.15) is 24.9 Å². The number of hydrogen-bond acceptors (Lipinski definition) is 4. The summed E-state index contributed by atoms with van der Waals surface area (Å²) in [5, 5.41) is 9.60. The van der Waals surface area contributed by atoms with Crippen molar-refractivity contribution in [2.24, 2.45) is 5.73 Å². The first-order valence-corrected chi connectivity index (χ1v) is 5.73. The smallest absolute Gasteiger partial charge is 0.307 e. The Hall–Kier alpha value is -0.780. The molecule has 0 saturated heterocycles. The van der Waals surface area contributed by atoms with Crippen LogP contribution < -0.4 is 5.73 Å². The lowest BCUT2D eigenvalue weighted by molar-refractivity contribution is -0.143. The maximum Gasteiger partial charge on any atom is 0.307 e. The van der Waals surface area contributed by atoms with Crippen LogP contribution in [0.3, 0.4) is 0 Å². The van der Waals surface area contributed by atoms with E-state index in [1.165, 1.54) is 6.07 Å². The van der Waals surface area contributed by atoms with Crippen molar-refractivity contribution >= 4 is 34.3 Å². The Morgan fingerprint density at radius 1 is 1.59 bits per heavy atom. The number of benzene rings is 1. The molecule has 0 bridgehead atoms. The normalized spacial score (nSPS) is 11.5. The number of carbonyl (C=O) groups is 1. The second-order valence-electron chi connectivity index (χ2n) is 3.32. The molecule has 1 aromatic carbocycles. The summed E-state index contributed by atoms with van der Waals surface area (Å²) in [7, 11) is 0. The largest absolute Gasteiger partial charge is 0.508 e. The van der Waals surface area contributed by atoms with Gasteiger partial charge in [0, 0.05) is 16.1 Å². The highest BCUT2D eigenvalue weighted by Crippen LogP contribution is 2.28. The molecular formula is C11H15BrClNO3. The van der Waals surface area contributed by atoms with Gasteiger partial charge in [-0.1, -0.05) is 15.9 Å². The molecule has 4 nitrogen and oxygen atoms in total. The topological polar surface area (TPSA) is 72.5 Å². The fourth-order valence-corrected chi connectivity index (χ4v) is 1.71. The van der Waals surface area contributed by atoms with Crippen molar-refractivity contribution in [1.82, 2.24) is 0 Å². The third-order valence-corrected chi connectivity index (χ3v) is 2.57. The Morgan fingerprint density at radius 2 is 2.24 bits per heavy atom. The molecule has 0 spiro atoms. The summed E-state index contributed by atoms with van der Waals surface area (Å²) in [5.41, 5.74) is 6.34. The summed E-state index contributed by atoms with van der Waals surface area (Å²) in [6, 6.07) is 4.37. The quantitative estimate of drug-likeness (QED) is 0.835. The van der Waals surface area contributed by atoms with Crippen LogP contribution in [-0.4, -0.2) is 17.7 Å². The van der Waals surface area contributed by atoms with E-state index in [9.17, 15) is 9.90 Å². The molecule has 0 aliphatic carbocycles. The zero-order valence-corrected chi connectivity index (χ0v) is 11.8. The van der Waals surface area contributed by atoms with Gasteiger partial charge in [0.2, 0.25) is 0 Å². The van der Waals surface area contributed by atoms with Crippen molar-refractivity contribution in [3.8, 4) is 5.75 Å². The van der Waals surface area contributed by atoms with E-state index in [1.54, 1.807) is 19.1 Å². The lowest BCUT2D eigenvalue weighted by Crippen LogP contribution is -2.17. The van der Waals surface area contributed by atoms with Crippen LogP contribution in [0.5, 0.6) is 5.75 Å². The van der Waals surface area contributed by atoms with Crippen LogP contribution in [0.25, 0.3) is 0 Å². The first-order valence-electron chi connectivity index (χ1n) is 4.94. The predicted octanol–water partition coefficient (Wildman–Crippen LogP) is 2.53. The Labute approximate surface area is 115 Å². The molecule has 0 aromatic heterocycles. The lowest BCUT2D eigenvalue weighted by atomic mass is 10.0. The molecule has 96 valence electrons. The van der Waals surface area contributed by atoms with Gasteiger partial charge in [-0.15, -0.1) is 12.4 Å². The van der Waals surface area contributed by atoms with Gasteiger partial charge < -0.3 is 15.6 Å². The zero-order valence-electron chi connectivity index (χ0n) is 9.35. The minimum absolute atomic E-state index is 0. The minimum atomic E-state index is -0.559. The van der Waals surface area contributed by atoms with Gasteiger partial charge >= 0.3 is 5.97 Å². The second-order valence-corrected chi connectivity index (χ2v) is 4.23. The molecular weight excluding hydrogens is 309 g/mol. The SMILES string of the molecule is CCOC(=O)C[C@H](N)c1cc(Br)ccc1O.Cl. The van der Waals surface area contributed by atoms with Gasteiger partial charge in [0.05, 0.1) is 13.0 Å². The number of rotatable bonds is 4. The standard InChI is InChI=1S/C11H14BrNO3.ClH/c1-2-16-11(15)6-9(13)8-5-7(12)3-4-10(8)14;/h3-5,9,14H,2,6,13H2,1H3;1H/t9-;/m0./s1. The van der Waals surface area contributed by atoms with E-state index >= 15 is 0 Å². The monoisotopic (exact) mass is 323 g/mol. The van der Waals surface area contributed by atoms with Crippen LogP contribution in [0, 0.1) is 0 Å². The molecule has 0 fully saturated rings. The number of esters is 1.